The van der Waals surface area contributed by atoms with E-state index in [0.29, 0.717) is 5.92 Å². The van der Waals surface area contributed by atoms with E-state index in [1.54, 1.807) is 0 Å². The number of esters is 1. The predicted molar refractivity (Wildman–Crippen MR) is 89.1 cm³/mol. The quantitative estimate of drug-likeness (QED) is 0.806. The number of ether oxygens (including phenoxy) is 1. The lowest BCUT2D eigenvalue weighted by Gasteiger charge is -2.29. The van der Waals surface area contributed by atoms with Crippen molar-refractivity contribution in [2.45, 2.75) is 38.6 Å². The van der Waals surface area contributed by atoms with Crippen molar-refractivity contribution in [3.05, 3.63) is 27.0 Å². The molecular formula is C15H17Cl3N2O3. The second-order valence-electron chi connectivity index (χ2n) is 5.59. The lowest BCUT2D eigenvalue weighted by atomic mass is 9.86. The first kappa shape index (κ1) is 18.3. The Labute approximate surface area is 149 Å². The zero-order valence-corrected chi connectivity index (χ0v) is 14.8. The van der Waals surface area contributed by atoms with E-state index in [9.17, 15) is 9.59 Å². The van der Waals surface area contributed by atoms with Crippen LogP contribution in [0.2, 0.25) is 15.1 Å². The Morgan fingerprint density at radius 2 is 1.96 bits per heavy atom. The molecule has 0 bridgehead atoms. The number of nitrogens with one attached hydrogen (secondary N) is 1. The van der Waals surface area contributed by atoms with Crippen molar-refractivity contribution in [3.8, 4) is 0 Å². The maximum Gasteiger partial charge on any atom is 0.359 e. The standard InChI is InChI=1S/C15H17Cl3N2O3/c1-8-4-2-3-5-10(8)20-11(21)7-23-15(22)14-13(18)12(17)9(16)6-19-14/h6,8,10H,2-5,7H2,1H3,(H,20,21)/t8-,10+/m0/s1. The number of carbonyl (C=O) groups is 2. The van der Waals surface area contributed by atoms with Gasteiger partial charge in [0.1, 0.15) is 0 Å². The molecule has 23 heavy (non-hydrogen) atoms. The molecule has 2 atom stereocenters. The first-order valence-corrected chi connectivity index (χ1v) is 8.49. The Hall–Kier alpha value is -1.04. The van der Waals surface area contributed by atoms with E-state index in [4.69, 9.17) is 39.5 Å². The van der Waals surface area contributed by atoms with Gasteiger partial charge >= 0.3 is 5.97 Å². The number of aromatic nitrogens is 1. The van der Waals surface area contributed by atoms with Gasteiger partial charge < -0.3 is 10.1 Å². The van der Waals surface area contributed by atoms with Gasteiger partial charge in [0.2, 0.25) is 0 Å². The number of nitrogens with zero attached hydrogens (tertiary/aromatic N) is 1. The van der Waals surface area contributed by atoms with Gasteiger partial charge in [0.15, 0.2) is 12.3 Å². The minimum absolute atomic E-state index is 0.0239. The molecule has 0 aliphatic heterocycles. The van der Waals surface area contributed by atoms with Crippen molar-refractivity contribution in [1.29, 1.82) is 0 Å². The summed E-state index contributed by atoms with van der Waals surface area (Å²) in [6, 6.07) is 0.127. The molecule has 1 saturated carbocycles. The van der Waals surface area contributed by atoms with Crippen LogP contribution in [0.3, 0.4) is 0 Å². The molecule has 1 aromatic heterocycles. The van der Waals surface area contributed by atoms with Crippen LogP contribution in [0.15, 0.2) is 6.20 Å². The lowest BCUT2D eigenvalue weighted by molar-refractivity contribution is -0.125. The predicted octanol–water partition coefficient (Wildman–Crippen LogP) is 3.89. The first-order chi connectivity index (χ1) is 10.9. The smallest absolute Gasteiger partial charge is 0.359 e. The molecule has 1 aliphatic carbocycles. The number of rotatable bonds is 4. The van der Waals surface area contributed by atoms with E-state index >= 15 is 0 Å². The van der Waals surface area contributed by atoms with Gasteiger partial charge in [0, 0.05) is 12.2 Å². The molecular weight excluding hydrogens is 363 g/mol. The van der Waals surface area contributed by atoms with Crippen LogP contribution in [0, 0.1) is 5.92 Å². The molecule has 1 fully saturated rings. The van der Waals surface area contributed by atoms with Crippen LogP contribution >= 0.6 is 34.8 Å². The number of hydrogen-bond acceptors (Lipinski definition) is 4. The number of carbonyl (C=O) groups excluding carboxylic acids is 2. The van der Waals surface area contributed by atoms with E-state index < -0.39 is 5.97 Å². The fraction of sp³-hybridized carbons (Fsp3) is 0.533. The number of hydrogen-bond donors (Lipinski definition) is 1. The summed E-state index contributed by atoms with van der Waals surface area (Å²) in [6.07, 6.45) is 5.52. The summed E-state index contributed by atoms with van der Waals surface area (Å²) in [4.78, 5) is 27.6. The van der Waals surface area contributed by atoms with Gasteiger partial charge in [0.25, 0.3) is 5.91 Å². The summed E-state index contributed by atoms with van der Waals surface area (Å²) in [5.41, 5.74) is -0.167. The van der Waals surface area contributed by atoms with Gasteiger partial charge in [-0.05, 0) is 18.8 Å². The average molecular weight is 380 g/mol. The molecule has 1 aromatic rings. The summed E-state index contributed by atoms with van der Waals surface area (Å²) < 4.78 is 4.94. The molecule has 8 heteroatoms. The van der Waals surface area contributed by atoms with E-state index in [1.807, 2.05) is 0 Å². The van der Waals surface area contributed by atoms with Crippen LogP contribution in [0.5, 0.6) is 0 Å². The SMILES string of the molecule is C[C@H]1CCCC[C@H]1NC(=O)COC(=O)c1ncc(Cl)c(Cl)c1Cl. The lowest BCUT2D eigenvalue weighted by Crippen LogP contribution is -2.42. The van der Waals surface area contributed by atoms with Crippen molar-refractivity contribution in [1.82, 2.24) is 10.3 Å². The molecule has 1 N–H and O–H groups in total. The first-order valence-electron chi connectivity index (χ1n) is 7.36. The highest BCUT2D eigenvalue weighted by Gasteiger charge is 2.24. The van der Waals surface area contributed by atoms with Crippen LogP contribution in [0.25, 0.3) is 0 Å². The molecule has 0 radical (unpaired) electrons. The molecule has 1 amide bonds. The van der Waals surface area contributed by atoms with Crippen LogP contribution < -0.4 is 5.32 Å². The zero-order valence-electron chi connectivity index (χ0n) is 12.6. The minimum atomic E-state index is -0.819. The molecule has 1 aliphatic rings. The Bertz CT molecular complexity index is 610. The topological polar surface area (TPSA) is 68.3 Å². The maximum atomic E-state index is 11.9. The average Bonchev–Trinajstić information content (AvgIpc) is 2.53. The van der Waals surface area contributed by atoms with Gasteiger partial charge in [-0.15, -0.1) is 0 Å². The normalized spacial score (nSPS) is 20.9. The van der Waals surface area contributed by atoms with E-state index in [1.165, 1.54) is 12.6 Å². The van der Waals surface area contributed by atoms with Crippen LogP contribution in [-0.4, -0.2) is 29.5 Å². The fourth-order valence-corrected chi connectivity index (χ4v) is 3.12. The second-order valence-corrected chi connectivity index (χ2v) is 6.76. The van der Waals surface area contributed by atoms with E-state index in [0.717, 1.165) is 19.3 Å². The fourth-order valence-electron chi connectivity index (χ4n) is 2.56. The summed E-state index contributed by atoms with van der Waals surface area (Å²) in [5, 5.41) is 2.96. The number of halogens is 3. The van der Waals surface area contributed by atoms with Gasteiger partial charge in [-0.25, -0.2) is 9.78 Å². The summed E-state index contributed by atoms with van der Waals surface area (Å²) in [7, 11) is 0. The van der Waals surface area contributed by atoms with Crippen molar-refractivity contribution in [3.63, 3.8) is 0 Å². The third-order valence-corrected chi connectivity index (χ3v) is 5.14. The van der Waals surface area contributed by atoms with E-state index in [-0.39, 0.29) is 39.3 Å². The Morgan fingerprint density at radius 3 is 2.65 bits per heavy atom. The summed E-state index contributed by atoms with van der Waals surface area (Å²) in [6.45, 7) is 1.72. The van der Waals surface area contributed by atoms with Crippen LogP contribution in [0.4, 0.5) is 0 Å². The van der Waals surface area contributed by atoms with Gasteiger partial charge in [-0.1, -0.05) is 54.6 Å². The Kier molecular flexibility index (Phi) is 6.50. The molecule has 0 unspecified atom stereocenters. The van der Waals surface area contributed by atoms with Gasteiger partial charge in [0.05, 0.1) is 15.1 Å². The summed E-state index contributed by atoms with van der Waals surface area (Å²) in [5.74, 6) is -0.733. The maximum absolute atomic E-state index is 11.9. The molecule has 2 rings (SSSR count). The van der Waals surface area contributed by atoms with Gasteiger partial charge in [-0.2, -0.15) is 0 Å². The molecule has 0 saturated heterocycles. The monoisotopic (exact) mass is 378 g/mol. The van der Waals surface area contributed by atoms with Crippen LogP contribution in [-0.2, 0) is 9.53 Å². The molecule has 1 heterocycles. The second kappa shape index (κ2) is 8.18. The van der Waals surface area contributed by atoms with Crippen LogP contribution in [0.1, 0.15) is 43.1 Å². The van der Waals surface area contributed by atoms with E-state index in [2.05, 4.69) is 17.2 Å². The highest BCUT2D eigenvalue weighted by molar-refractivity contribution is 6.48. The third kappa shape index (κ3) is 4.72. The Morgan fingerprint density at radius 1 is 1.26 bits per heavy atom. The van der Waals surface area contributed by atoms with Crippen molar-refractivity contribution >= 4 is 46.7 Å². The molecule has 0 aromatic carbocycles. The molecule has 5 nitrogen and oxygen atoms in total. The van der Waals surface area contributed by atoms with Crippen molar-refractivity contribution < 1.29 is 14.3 Å². The number of amides is 1. The summed E-state index contributed by atoms with van der Waals surface area (Å²) >= 11 is 17.5. The molecule has 0 spiro atoms. The number of pyridine rings is 1. The Balaban J connectivity index is 1.89. The van der Waals surface area contributed by atoms with Crippen molar-refractivity contribution in [2.24, 2.45) is 5.92 Å². The van der Waals surface area contributed by atoms with Gasteiger partial charge in [-0.3, -0.25) is 4.79 Å². The third-order valence-electron chi connectivity index (χ3n) is 3.90. The highest BCUT2D eigenvalue weighted by Crippen LogP contribution is 2.31. The highest BCUT2D eigenvalue weighted by atomic mass is 35.5. The molecule has 126 valence electrons. The zero-order chi connectivity index (χ0) is 17.0. The minimum Gasteiger partial charge on any atom is -0.451 e. The van der Waals surface area contributed by atoms with Crippen molar-refractivity contribution in [2.75, 3.05) is 6.61 Å². The largest absolute Gasteiger partial charge is 0.451 e.